The van der Waals surface area contributed by atoms with E-state index in [1.165, 1.54) is 11.3 Å². The third-order valence-corrected chi connectivity index (χ3v) is 2.48. The number of hydrogen-bond donors (Lipinski definition) is 0. The molecule has 5 heteroatoms. The Morgan fingerprint density at radius 2 is 2.00 bits per heavy atom. The predicted octanol–water partition coefficient (Wildman–Crippen LogP) is 3.00. The van der Waals surface area contributed by atoms with Gasteiger partial charge in [-0.1, -0.05) is 34.5 Å². The highest BCUT2D eigenvalue weighted by atomic mass is 35.5. The molecule has 0 radical (unpaired) electrons. The standard InChI is InChI=1S/C6H2Cl2N2S/c7-4-2-1-3-5(10-4)11-6(8)9-3/h1-2H. The van der Waals surface area contributed by atoms with E-state index < -0.39 is 0 Å². The summed E-state index contributed by atoms with van der Waals surface area (Å²) in [5.41, 5.74) is 0.796. The van der Waals surface area contributed by atoms with Gasteiger partial charge in [0.05, 0.1) is 0 Å². The summed E-state index contributed by atoms with van der Waals surface area (Å²) >= 11 is 12.6. The van der Waals surface area contributed by atoms with E-state index in [4.69, 9.17) is 23.2 Å². The number of thiazole rings is 1. The molecule has 0 spiro atoms. The second kappa shape index (κ2) is 2.59. The first kappa shape index (κ1) is 7.28. The Labute approximate surface area is 76.8 Å². The van der Waals surface area contributed by atoms with Crippen molar-refractivity contribution in [1.82, 2.24) is 9.97 Å². The third-order valence-electron chi connectivity index (χ3n) is 1.20. The van der Waals surface area contributed by atoms with Gasteiger partial charge in [-0.3, -0.25) is 0 Å². The highest BCUT2D eigenvalue weighted by Gasteiger charge is 2.01. The summed E-state index contributed by atoms with van der Waals surface area (Å²) in [5.74, 6) is 0. The number of pyridine rings is 1. The molecular weight excluding hydrogens is 203 g/mol. The van der Waals surface area contributed by atoms with E-state index in [2.05, 4.69) is 9.97 Å². The SMILES string of the molecule is Clc1ccc2nc(Cl)sc2n1. The van der Waals surface area contributed by atoms with Crippen LogP contribution in [0.3, 0.4) is 0 Å². The van der Waals surface area contributed by atoms with Gasteiger partial charge >= 0.3 is 0 Å². The summed E-state index contributed by atoms with van der Waals surface area (Å²) in [6.45, 7) is 0. The molecule has 0 N–H and O–H groups in total. The number of fused-ring (bicyclic) bond motifs is 1. The van der Waals surface area contributed by atoms with Gasteiger partial charge in [0.15, 0.2) is 4.47 Å². The third kappa shape index (κ3) is 1.31. The van der Waals surface area contributed by atoms with Crippen LogP contribution in [0, 0.1) is 0 Å². The monoisotopic (exact) mass is 204 g/mol. The van der Waals surface area contributed by atoms with Gasteiger partial charge in [0.25, 0.3) is 0 Å². The van der Waals surface area contributed by atoms with Gasteiger partial charge in [-0.25, -0.2) is 9.97 Å². The van der Waals surface area contributed by atoms with Crippen LogP contribution in [0.15, 0.2) is 12.1 Å². The molecule has 0 saturated carbocycles. The maximum Gasteiger partial charge on any atom is 0.186 e. The van der Waals surface area contributed by atoms with Gasteiger partial charge < -0.3 is 0 Å². The maximum atomic E-state index is 5.66. The molecule has 0 unspecified atom stereocenters. The molecule has 0 aliphatic carbocycles. The van der Waals surface area contributed by atoms with E-state index in [1.807, 2.05) is 0 Å². The topological polar surface area (TPSA) is 25.8 Å². The molecule has 2 aromatic heterocycles. The van der Waals surface area contributed by atoms with Crippen molar-refractivity contribution in [3.63, 3.8) is 0 Å². The quantitative estimate of drug-likeness (QED) is 0.617. The zero-order valence-electron chi connectivity index (χ0n) is 5.21. The molecule has 0 saturated heterocycles. The number of halogens is 2. The Kier molecular flexibility index (Phi) is 1.71. The van der Waals surface area contributed by atoms with Crippen LogP contribution in [0.2, 0.25) is 9.62 Å². The maximum absolute atomic E-state index is 5.66. The van der Waals surface area contributed by atoms with Crippen molar-refractivity contribution < 1.29 is 0 Å². The summed E-state index contributed by atoms with van der Waals surface area (Å²) in [4.78, 5) is 8.83. The second-order valence-electron chi connectivity index (χ2n) is 1.93. The molecule has 2 aromatic rings. The van der Waals surface area contributed by atoms with Gasteiger partial charge in [0.1, 0.15) is 15.5 Å². The molecular formula is C6H2Cl2N2S. The number of rotatable bonds is 0. The summed E-state index contributed by atoms with van der Waals surface area (Å²) in [5, 5.41) is 0.470. The Morgan fingerprint density at radius 3 is 2.82 bits per heavy atom. The van der Waals surface area contributed by atoms with Crippen LogP contribution in [0.4, 0.5) is 0 Å². The fourth-order valence-corrected chi connectivity index (χ4v) is 1.94. The second-order valence-corrected chi connectivity index (χ2v) is 3.87. The molecule has 2 nitrogen and oxygen atoms in total. The first-order valence-corrected chi connectivity index (χ1v) is 4.41. The first-order valence-electron chi connectivity index (χ1n) is 2.84. The Bertz CT molecular complexity index is 398. The average Bonchev–Trinajstić information content (AvgIpc) is 2.27. The smallest absolute Gasteiger partial charge is 0.186 e. The molecule has 2 heterocycles. The molecule has 0 bridgehead atoms. The van der Waals surface area contributed by atoms with Crippen LogP contribution in [0.25, 0.3) is 10.3 Å². The van der Waals surface area contributed by atoms with Crippen molar-refractivity contribution >= 4 is 44.9 Å². The van der Waals surface area contributed by atoms with Crippen LogP contribution in [-0.4, -0.2) is 9.97 Å². The summed E-state index contributed by atoms with van der Waals surface area (Å²) in [7, 11) is 0. The van der Waals surface area contributed by atoms with Crippen molar-refractivity contribution in [2.24, 2.45) is 0 Å². The van der Waals surface area contributed by atoms with E-state index in [0.29, 0.717) is 9.62 Å². The van der Waals surface area contributed by atoms with Crippen LogP contribution < -0.4 is 0 Å². The van der Waals surface area contributed by atoms with Crippen LogP contribution in [0.1, 0.15) is 0 Å². The lowest BCUT2D eigenvalue weighted by Crippen LogP contribution is -1.72. The number of nitrogens with zero attached hydrogens (tertiary/aromatic N) is 2. The minimum Gasteiger partial charge on any atom is -0.223 e. The van der Waals surface area contributed by atoms with Crippen LogP contribution in [-0.2, 0) is 0 Å². The lowest BCUT2D eigenvalue weighted by Gasteiger charge is -1.85. The number of hydrogen-bond acceptors (Lipinski definition) is 3. The van der Waals surface area contributed by atoms with E-state index in [9.17, 15) is 0 Å². The Morgan fingerprint density at radius 1 is 1.18 bits per heavy atom. The van der Waals surface area contributed by atoms with Crippen LogP contribution in [0.5, 0.6) is 0 Å². The zero-order valence-corrected chi connectivity index (χ0v) is 7.54. The minimum atomic E-state index is 0.470. The molecule has 0 aliphatic rings. The summed E-state index contributed by atoms with van der Waals surface area (Å²) in [6.07, 6.45) is 0. The highest BCUT2D eigenvalue weighted by Crippen LogP contribution is 2.24. The largest absolute Gasteiger partial charge is 0.223 e. The van der Waals surface area contributed by atoms with Crippen molar-refractivity contribution in [1.29, 1.82) is 0 Å². The van der Waals surface area contributed by atoms with Gasteiger partial charge in [-0.2, -0.15) is 0 Å². The lowest BCUT2D eigenvalue weighted by molar-refractivity contribution is 1.41. The molecule has 2 rings (SSSR count). The molecule has 0 amide bonds. The lowest BCUT2D eigenvalue weighted by atomic mass is 10.5. The van der Waals surface area contributed by atoms with Gasteiger partial charge in [-0.15, -0.1) is 0 Å². The van der Waals surface area contributed by atoms with E-state index >= 15 is 0 Å². The van der Waals surface area contributed by atoms with Gasteiger partial charge in [0, 0.05) is 0 Å². The Hall–Kier alpha value is -0.380. The van der Waals surface area contributed by atoms with Crippen molar-refractivity contribution in [2.75, 3.05) is 0 Å². The predicted molar refractivity (Wildman–Crippen MR) is 47.4 cm³/mol. The minimum absolute atomic E-state index is 0.470. The fourth-order valence-electron chi connectivity index (χ4n) is 0.768. The molecule has 0 aliphatic heterocycles. The summed E-state index contributed by atoms with van der Waals surface area (Å²) in [6, 6.07) is 3.49. The molecule has 0 fully saturated rings. The van der Waals surface area contributed by atoms with Gasteiger partial charge in [0.2, 0.25) is 0 Å². The van der Waals surface area contributed by atoms with Crippen molar-refractivity contribution in [3.05, 3.63) is 21.8 Å². The fraction of sp³-hybridized carbons (Fsp3) is 0. The van der Waals surface area contributed by atoms with E-state index in [0.717, 1.165) is 10.3 Å². The number of aromatic nitrogens is 2. The Balaban J connectivity index is 2.82. The van der Waals surface area contributed by atoms with E-state index in [-0.39, 0.29) is 0 Å². The summed E-state index contributed by atoms with van der Waals surface area (Å²) < 4.78 is 0.495. The van der Waals surface area contributed by atoms with Crippen molar-refractivity contribution in [2.45, 2.75) is 0 Å². The van der Waals surface area contributed by atoms with E-state index in [1.54, 1.807) is 12.1 Å². The highest BCUT2D eigenvalue weighted by molar-refractivity contribution is 7.21. The normalized spacial score (nSPS) is 10.7. The molecule has 11 heavy (non-hydrogen) atoms. The average molecular weight is 205 g/mol. The molecule has 0 aromatic carbocycles. The van der Waals surface area contributed by atoms with Gasteiger partial charge in [-0.05, 0) is 12.1 Å². The van der Waals surface area contributed by atoms with Crippen molar-refractivity contribution in [3.8, 4) is 0 Å². The zero-order chi connectivity index (χ0) is 7.84. The molecule has 56 valence electrons. The first-order chi connectivity index (χ1) is 5.25. The van der Waals surface area contributed by atoms with Crippen LogP contribution >= 0.6 is 34.5 Å². The molecule has 0 atom stereocenters.